The molecule has 0 saturated heterocycles. The number of nitrogens with one attached hydrogen (secondary N) is 2. The third-order valence-corrected chi connectivity index (χ3v) is 3.96. The van der Waals surface area contributed by atoms with Crippen molar-refractivity contribution in [2.24, 2.45) is 0 Å². The predicted molar refractivity (Wildman–Crippen MR) is 95.5 cm³/mol. The summed E-state index contributed by atoms with van der Waals surface area (Å²) in [6, 6.07) is 13.3. The van der Waals surface area contributed by atoms with E-state index in [9.17, 15) is 4.79 Å². The first-order valence-corrected chi connectivity index (χ1v) is 7.86. The van der Waals surface area contributed by atoms with Crippen molar-refractivity contribution in [3.8, 4) is 5.75 Å². The summed E-state index contributed by atoms with van der Waals surface area (Å²) in [4.78, 5) is 12.3. The van der Waals surface area contributed by atoms with Crippen LogP contribution >= 0.6 is 0 Å². The zero-order chi connectivity index (χ0) is 16.8. The molecule has 0 heterocycles. The maximum absolute atomic E-state index is 12.3. The van der Waals surface area contributed by atoms with Crippen molar-refractivity contribution < 1.29 is 9.53 Å². The number of carbonyl (C=O) groups is 1. The first-order chi connectivity index (χ1) is 11.0. The molecule has 2 amide bonds. The third-order valence-electron chi connectivity index (χ3n) is 3.96. The smallest absolute Gasteiger partial charge is 0.323 e. The summed E-state index contributed by atoms with van der Waals surface area (Å²) in [5, 5.41) is 5.80. The Morgan fingerprint density at radius 3 is 2.52 bits per heavy atom. The van der Waals surface area contributed by atoms with Crippen molar-refractivity contribution in [3.05, 3.63) is 53.6 Å². The van der Waals surface area contributed by atoms with Crippen LogP contribution in [-0.4, -0.2) is 13.1 Å². The summed E-state index contributed by atoms with van der Waals surface area (Å²) in [6.45, 7) is 6.27. The Morgan fingerprint density at radius 1 is 1.13 bits per heavy atom. The molecule has 122 valence electrons. The van der Waals surface area contributed by atoms with Gasteiger partial charge in [-0.2, -0.15) is 0 Å². The van der Waals surface area contributed by atoms with Gasteiger partial charge in [-0.15, -0.1) is 0 Å². The number of methoxy groups -OCH3 is 1. The van der Waals surface area contributed by atoms with Gasteiger partial charge in [0.25, 0.3) is 0 Å². The summed E-state index contributed by atoms with van der Waals surface area (Å²) < 4.78 is 5.29. The second-order valence-corrected chi connectivity index (χ2v) is 5.68. The van der Waals surface area contributed by atoms with Crippen LogP contribution in [0.25, 0.3) is 0 Å². The molecular weight excluding hydrogens is 288 g/mol. The lowest BCUT2D eigenvalue weighted by atomic mass is 9.97. The maximum Gasteiger partial charge on any atom is 0.323 e. The summed E-state index contributed by atoms with van der Waals surface area (Å²) >= 11 is 0. The van der Waals surface area contributed by atoms with Gasteiger partial charge in [-0.05, 0) is 48.6 Å². The van der Waals surface area contributed by atoms with Crippen molar-refractivity contribution in [3.63, 3.8) is 0 Å². The molecule has 0 aromatic heterocycles. The Morgan fingerprint density at radius 2 is 1.83 bits per heavy atom. The summed E-state index contributed by atoms with van der Waals surface area (Å²) in [5.41, 5.74) is 3.69. The van der Waals surface area contributed by atoms with E-state index in [0.717, 1.165) is 23.2 Å². The number of anilines is 2. The Balaban J connectivity index is 2.16. The number of aryl methyl sites for hydroxylation is 1. The molecule has 0 bridgehead atoms. The second-order valence-electron chi connectivity index (χ2n) is 5.68. The number of hydrogen-bond acceptors (Lipinski definition) is 2. The fourth-order valence-corrected chi connectivity index (χ4v) is 2.46. The molecular formula is C19H24N2O2. The van der Waals surface area contributed by atoms with E-state index in [0.29, 0.717) is 17.4 Å². The van der Waals surface area contributed by atoms with Crippen molar-refractivity contribution in [1.29, 1.82) is 0 Å². The van der Waals surface area contributed by atoms with E-state index < -0.39 is 0 Å². The number of ether oxygens (including phenoxy) is 1. The zero-order valence-corrected chi connectivity index (χ0v) is 14.1. The lowest BCUT2D eigenvalue weighted by molar-refractivity contribution is 0.262. The molecule has 0 aliphatic carbocycles. The molecule has 0 fully saturated rings. The molecule has 1 atom stereocenters. The van der Waals surface area contributed by atoms with Crippen molar-refractivity contribution in [2.75, 3.05) is 17.7 Å². The van der Waals surface area contributed by atoms with Crippen LogP contribution in [0.15, 0.2) is 42.5 Å². The van der Waals surface area contributed by atoms with Crippen LogP contribution in [-0.2, 0) is 0 Å². The number of hydrogen-bond donors (Lipinski definition) is 2. The molecule has 0 aliphatic rings. The zero-order valence-electron chi connectivity index (χ0n) is 14.1. The Labute approximate surface area is 137 Å². The van der Waals surface area contributed by atoms with Gasteiger partial charge in [0.1, 0.15) is 5.75 Å². The van der Waals surface area contributed by atoms with Crippen LogP contribution in [0, 0.1) is 6.92 Å². The van der Waals surface area contributed by atoms with E-state index in [1.807, 2.05) is 43.3 Å². The molecule has 2 N–H and O–H groups in total. The van der Waals surface area contributed by atoms with Gasteiger partial charge in [0.05, 0.1) is 12.8 Å². The maximum atomic E-state index is 12.3. The molecule has 0 radical (unpaired) electrons. The minimum atomic E-state index is -0.273. The van der Waals surface area contributed by atoms with E-state index in [2.05, 4.69) is 30.5 Å². The predicted octanol–water partition coefficient (Wildman–Crippen LogP) is 5.16. The fraction of sp³-hybridized carbons (Fsp3) is 0.316. The van der Waals surface area contributed by atoms with Gasteiger partial charge in [-0.1, -0.05) is 38.1 Å². The lowest BCUT2D eigenvalue weighted by Crippen LogP contribution is -2.21. The number of amides is 2. The molecule has 2 aromatic carbocycles. The number of rotatable bonds is 5. The van der Waals surface area contributed by atoms with Crippen LogP contribution in [0.5, 0.6) is 5.75 Å². The highest BCUT2D eigenvalue weighted by Gasteiger charge is 2.12. The number of benzene rings is 2. The standard InChI is InChI=1S/C19H24N2O2/c1-5-14(3)15-8-6-7-9-16(15)20-19(22)21-17-12-13(2)10-11-18(17)23-4/h6-12,14H,5H2,1-4H3,(H2,20,21,22)/t14-/m1/s1. The Kier molecular flexibility index (Phi) is 5.63. The monoisotopic (exact) mass is 312 g/mol. The average molecular weight is 312 g/mol. The average Bonchev–Trinajstić information content (AvgIpc) is 2.55. The van der Waals surface area contributed by atoms with Gasteiger partial charge in [-0.3, -0.25) is 0 Å². The van der Waals surface area contributed by atoms with Gasteiger partial charge in [0, 0.05) is 5.69 Å². The third kappa shape index (κ3) is 4.25. The number of urea groups is 1. The minimum Gasteiger partial charge on any atom is -0.495 e. The molecule has 0 saturated carbocycles. The van der Waals surface area contributed by atoms with Gasteiger partial charge in [-0.25, -0.2) is 4.79 Å². The van der Waals surface area contributed by atoms with Crippen molar-refractivity contribution in [2.45, 2.75) is 33.1 Å². The summed E-state index contributed by atoms with van der Waals surface area (Å²) in [6.07, 6.45) is 1.02. The van der Waals surface area contributed by atoms with E-state index in [-0.39, 0.29) is 6.03 Å². The van der Waals surface area contributed by atoms with Gasteiger partial charge in [0.2, 0.25) is 0 Å². The minimum absolute atomic E-state index is 0.273. The number of para-hydroxylation sites is 1. The van der Waals surface area contributed by atoms with Crippen LogP contribution < -0.4 is 15.4 Å². The summed E-state index contributed by atoms with van der Waals surface area (Å²) in [5.74, 6) is 1.03. The van der Waals surface area contributed by atoms with Crippen LogP contribution in [0.2, 0.25) is 0 Å². The first-order valence-electron chi connectivity index (χ1n) is 7.86. The fourth-order valence-electron chi connectivity index (χ4n) is 2.46. The lowest BCUT2D eigenvalue weighted by Gasteiger charge is -2.17. The van der Waals surface area contributed by atoms with E-state index in [1.165, 1.54) is 0 Å². The molecule has 0 unspecified atom stereocenters. The largest absolute Gasteiger partial charge is 0.495 e. The molecule has 2 aromatic rings. The first kappa shape index (κ1) is 16.9. The summed E-state index contributed by atoms with van der Waals surface area (Å²) in [7, 11) is 1.59. The normalized spacial score (nSPS) is 11.7. The SMILES string of the molecule is CC[C@@H](C)c1ccccc1NC(=O)Nc1cc(C)ccc1OC. The molecule has 23 heavy (non-hydrogen) atoms. The van der Waals surface area contributed by atoms with E-state index in [4.69, 9.17) is 4.74 Å². The Bertz CT molecular complexity index is 683. The van der Waals surface area contributed by atoms with Crippen molar-refractivity contribution >= 4 is 17.4 Å². The Hall–Kier alpha value is -2.49. The molecule has 2 rings (SSSR count). The van der Waals surface area contributed by atoms with E-state index >= 15 is 0 Å². The molecule has 4 nitrogen and oxygen atoms in total. The van der Waals surface area contributed by atoms with Crippen LogP contribution in [0.3, 0.4) is 0 Å². The highest BCUT2D eigenvalue weighted by Crippen LogP contribution is 2.28. The highest BCUT2D eigenvalue weighted by atomic mass is 16.5. The quantitative estimate of drug-likeness (QED) is 0.801. The highest BCUT2D eigenvalue weighted by molar-refractivity contribution is 6.01. The van der Waals surface area contributed by atoms with Crippen molar-refractivity contribution in [1.82, 2.24) is 0 Å². The molecule has 4 heteroatoms. The molecule has 0 spiro atoms. The van der Waals surface area contributed by atoms with Gasteiger partial charge < -0.3 is 15.4 Å². The van der Waals surface area contributed by atoms with Gasteiger partial charge >= 0.3 is 6.03 Å². The van der Waals surface area contributed by atoms with Crippen LogP contribution in [0.4, 0.5) is 16.2 Å². The second kappa shape index (κ2) is 7.68. The van der Waals surface area contributed by atoms with Crippen LogP contribution in [0.1, 0.15) is 37.3 Å². The topological polar surface area (TPSA) is 50.4 Å². The van der Waals surface area contributed by atoms with Gasteiger partial charge in [0.15, 0.2) is 0 Å². The molecule has 0 aliphatic heterocycles. The number of carbonyl (C=O) groups excluding carboxylic acids is 1. The van der Waals surface area contributed by atoms with E-state index in [1.54, 1.807) is 7.11 Å².